The van der Waals surface area contributed by atoms with Crippen LogP contribution in [0.15, 0.2) is 171 Å². The van der Waals surface area contributed by atoms with E-state index >= 15 is 0 Å². The molecule has 11 aromatic rings. The maximum atomic E-state index is 6.65. The van der Waals surface area contributed by atoms with Crippen LogP contribution in [0.2, 0.25) is 0 Å². The van der Waals surface area contributed by atoms with Crippen LogP contribution in [-0.2, 0) is 0 Å². The van der Waals surface area contributed by atoms with E-state index in [1.807, 2.05) is 36.6 Å². The number of furan rings is 3. The standard InChI is InChI=1S/C46H26O3/c1-2-12-27(13-3-1)37-26-47-46-36(37)25-41-44(35-19-9-11-21-39(35)49-41)45(46)43-33-17-6-4-15-31(33)42(32-16-5-7-18-34(32)43)28-22-23-30-29-14-8-10-20-38(29)48-40(30)24-28/h1-26H. The van der Waals surface area contributed by atoms with Gasteiger partial charge < -0.3 is 13.3 Å². The van der Waals surface area contributed by atoms with E-state index in [2.05, 4.69) is 121 Å². The summed E-state index contributed by atoms with van der Waals surface area (Å²) in [7, 11) is 0. The Morgan fingerprint density at radius 3 is 1.59 bits per heavy atom. The summed E-state index contributed by atoms with van der Waals surface area (Å²) >= 11 is 0. The van der Waals surface area contributed by atoms with Gasteiger partial charge in [-0.3, -0.25) is 0 Å². The topological polar surface area (TPSA) is 39.4 Å². The molecule has 0 saturated carbocycles. The van der Waals surface area contributed by atoms with Crippen molar-refractivity contribution in [3.8, 4) is 33.4 Å². The monoisotopic (exact) mass is 626 g/mol. The average molecular weight is 627 g/mol. The van der Waals surface area contributed by atoms with E-state index in [1.54, 1.807) is 0 Å². The maximum Gasteiger partial charge on any atom is 0.143 e. The molecule has 0 aliphatic heterocycles. The zero-order valence-corrected chi connectivity index (χ0v) is 26.2. The van der Waals surface area contributed by atoms with E-state index in [9.17, 15) is 0 Å². The Kier molecular flexibility index (Phi) is 5.38. The summed E-state index contributed by atoms with van der Waals surface area (Å²) in [6.07, 6.45) is 1.89. The number of hydrogen-bond acceptors (Lipinski definition) is 3. The number of benzene rings is 8. The first kappa shape index (κ1) is 26.5. The third kappa shape index (κ3) is 3.73. The Bertz CT molecular complexity index is 3040. The predicted octanol–water partition coefficient (Wildman–Crippen LogP) is 13.5. The third-order valence-electron chi connectivity index (χ3n) is 10.1. The number of fused-ring (bicyclic) bond motifs is 9. The van der Waals surface area contributed by atoms with E-state index in [4.69, 9.17) is 13.3 Å². The molecule has 49 heavy (non-hydrogen) atoms. The van der Waals surface area contributed by atoms with Crippen LogP contribution in [0.1, 0.15) is 0 Å². The molecule has 11 rings (SSSR count). The molecule has 0 radical (unpaired) electrons. The molecule has 3 heterocycles. The molecule has 8 aromatic carbocycles. The Labute approximate surface area is 280 Å². The van der Waals surface area contributed by atoms with E-state index in [0.29, 0.717) is 0 Å². The van der Waals surface area contributed by atoms with Crippen molar-refractivity contribution in [1.82, 2.24) is 0 Å². The molecule has 0 saturated heterocycles. The van der Waals surface area contributed by atoms with Crippen molar-refractivity contribution in [1.29, 1.82) is 0 Å². The molecule has 0 aliphatic rings. The summed E-state index contributed by atoms with van der Waals surface area (Å²) in [6.45, 7) is 0. The first-order valence-electron chi connectivity index (χ1n) is 16.6. The van der Waals surface area contributed by atoms with E-state index in [1.165, 1.54) is 16.3 Å². The van der Waals surface area contributed by atoms with Crippen molar-refractivity contribution >= 4 is 76.4 Å². The van der Waals surface area contributed by atoms with Crippen molar-refractivity contribution in [2.24, 2.45) is 0 Å². The molecule has 0 aliphatic carbocycles. The summed E-state index contributed by atoms with van der Waals surface area (Å²) < 4.78 is 19.6. The summed E-state index contributed by atoms with van der Waals surface area (Å²) in [5.74, 6) is 0. The zero-order valence-electron chi connectivity index (χ0n) is 26.2. The lowest BCUT2D eigenvalue weighted by atomic mass is 9.84. The van der Waals surface area contributed by atoms with Gasteiger partial charge in [0.05, 0.1) is 6.26 Å². The highest BCUT2D eigenvalue weighted by Crippen LogP contribution is 2.51. The summed E-state index contributed by atoms with van der Waals surface area (Å²) in [4.78, 5) is 0. The van der Waals surface area contributed by atoms with Crippen molar-refractivity contribution in [3.05, 3.63) is 158 Å². The summed E-state index contributed by atoms with van der Waals surface area (Å²) in [5.41, 5.74) is 11.0. The highest BCUT2D eigenvalue weighted by Gasteiger charge is 2.25. The van der Waals surface area contributed by atoms with Crippen molar-refractivity contribution < 1.29 is 13.3 Å². The lowest BCUT2D eigenvalue weighted by Crippen LogP contribution is -1.92. The van der Waals surface area contributed by atoms with Crippen molar-refractivity contribution in [2.75, 3.05) is 0 Å². The lowest BCUT2D eigenvalue weighted by molar-refractivity contribution is 0.618. The highest BCUT2D eigenvalue weighted by atomic mass is 16.3. The van der Waals surface area contributed by atoms with Gasteiger partial charge >= 0.3 is 0 Å². The fourth-order valence-corrected chi connectivity index (χ4v) is 8.04. The molecule has 0 amide bonds. The van der Waals surface area contributed by atoms with Crippen molar-refractivity contribution in [3.63, 3.8) is 0 Å². The first-order valence-corrected chi connectivity index (χ1v) is 16.6. The normalized spacial score (nSPS) is 12.1. The molecular formula is C46H26O3. The SMILES string of the molecule is c1ccc(-c2coc3c(-c4c5ccccc5c(-c5ccc6c(c5)oc5ccccc56)c5ccccc45)c4c(cc23)oc2ccccc24)cc1. The Morgan fingerprint density at radius 2 is 0.878 bits per heavy atom. The molecule has 3 aromatic heterocycles. The third-order valence-corrected chi connectivity index (χ3v) is 10.1. The second kappa shape index (κ2) is 9.96. The van der Waals surface area contributed by atoms with Gasteiger partial charge in [0.25, 0.3) is 0 Å². The summed E-state index contributed by atoms with van der Waals surface area (Å²) in [6, 6.07) is 53.3. The van der Waals surface area contributed by atoms with Crippen molar-refractivity contribution in [2.45, 2.75) is 0 Å². The second-order valence-electron chi connectivity index (χ2n) is 12.8. The highest BCUT2D eigenvalue weighted by molar-refractivity contribution is 6.30. The molecular weight excluding hydrogens is 601 g/mol. The number of rotatable bonds is 3. The van der Waals surface area contributed by atoms with Gasteiger partial charge in [0.2, 0.25) is 0 Å². The van der Waals surface area contributed by atoms with Gasteiger partial charge in [-0.2, -0.15) is 0 Å². The van der Waals surface area contributed by atoms with Gasteiger partial charge in [-0.1, -0.05) is 121 Å². The molecule has 0 unspecified atom stereocenters. The van der Waals surface area contributed by atoms with Crippen LogP contribution in [-0.4, -0.2) is 0 Å². The fourth-order valence-electron chi connectivity index (χ4n) is 8.04. The van der Waals surface area contributed by atoms with Crippen LogP contribution < -0.4 is 0 Å². The smallest absolute Gasteiger partial charge is 0.143 e. The molecule has 0 spiro atoms. The van der Waals surface area contributed by atoms with Gasteiger partial charge in [0, 0.05) is 43.6 Å². The van der Waals surface area contributed by atoms with Crippen LogP contribution in [0.25, 0.3) is 110 Å². The van der Waals surface area contributed by atoms with Crippen LogP contribution >= 0.6 is 0 Å². The Hall–Kier alpha value is -6.58. The van der Waals surface area contributed by atoms with Gasteiger partial charge in [0.15, 0.2) is 0 Å². The molecule has 3 nitrogen and oxygen atoms in total. The summed E-state index contributed by atoms with van der Waals surface area (Å²) in [5, 5.41) is 10.0. The van der Waals surface area contributed by atoms with Gasteiger partial charge in [-0.15, -0.1) is 0 Å². The van der Waals surface area contributed by atoms with Crippen LogP contribution in [0.3, 0.4) is 0 Å². The van der Waals surface area contributed by atoms with Crippen LogP contribution in [0, 0.1) is 0 Å². The quantitative estimate of drug-likeness (QED) is 0.183. The van der Waals surface area contributed by atoms with E-state index < -0.39 is 0 Å². The molecule has 0 N–H and O–H groups in total. The number of para-hydroxylation sites is 2. The molecule has 228 valence electrons. The zero-order chi connectivity index (χ0) is 32.1. The van der Waals surface area contributed by atoms with Gasteiger partial charge in [-0.25, -0.2) is 0 Å². The Balaban J connectivity index is 1.30. The van der Waals surface area contributed by atoms with Crippen LogP contribution in [0.5, 0.6) is 0 Å². The van der Waals surface area contributed by atoms with Crippen LogP contribution in [0.4, 0.5) is 0 Å². The Morgan fingerprint density at radius 1 is 0.327 bits per heavy atom. The number of hydrogen-bond donors (Lipinski definition) is 0. The predicted molar refractivity (Wildman–Crippen MR) is 202 cm³/mol. The fraction of sp³-hybridized carbons (Fsp3) is 0. The molecule has 0 bridgehead atoms. The lowest BCUT2D eigenvalue weighted by Gasteiger charge is -2.18. The van der Waals surface area contributed by atoms with E-state index in [0.717, 1.165) is 93.4 Å². The molecule has 3 heteroatoms. The largest absolute Gasteiger partial charge is 0.463 e. The van der Waals surface area contributed by atoms with E-state index in [-0.39, 0.29) is 0 Å². The van der Waals surface area contributed by atoms with Gasteiger partial charge in [0.1, 0.15) is 27.9 Å². The minimum atomic E-state index is 0.842. The minimum Gasteiger partial charge on any atom is -0.463 e. The average Bonchev–Trinajstić information content (AvgIpc) is 3.86. The molecule has 0 fully saturated rings. The maximum absolute atomic E-state index is 6.65. The molecule has 0 atom stereocenters. The second-order valence-corrected chi connectivity index (χ2v) is 12.8. The minimum absolute atomic E-state index is 0.842. The first-order chi connectivity index (χ1) is 24.3. The van der Waals surface area contributed by atoms with Gasteiger partial charge in [-0.05, 0) is 68.6 Å².